The summed E-state index contributed by atoms with van der Waals surface area (Å²) in [7, 11) is 1.67. The second-order valence-corrected chi connectivity index (χ2v) is 3.34. The van der Waals surface area contributed by atoms with E-state index in [9.17, 15) is 4.79 Å². The highest BCUT2D eigenvalue weighted by atomic mass is 16.3. The van der Waals surface area contributed by atoms with E-state index in [1.54, 1.807) is 31.3 Å². The summed E-state index contributed by atoms with van der Waals surface area (Å²) in [6, 6.07) is 6.10. The van der Waals surface area contributed by atoms with Crippen molar-refractivity contribution in [2.24, 2.45) is 5.73 Å². The van der Waals surface area contributed by atoms with Crippen LogP contribution in [0.4, 0.5) is 0 Å². The molecule has 1 rings (SSSR count). The van der Waals surface area contributed by atoms with E-state index < -0.39 is 11.9 Å². The molecule has 6 N–H and O–H groups in total. The molecule has 1 aromatic carbocycles. The quantitative estimate of drug-likeness (QED) is 0.400. The first-order chi connectivity index (χ1) is 7.63. The van der Waals surface area contributed by atoms with Crippen molar-refractivity contribution in [3.8, 4) is 5.75 Å². The number of amides is 1. The van der Waals surface area contributed by atoms with Gasteiger partial charge in [-0.3, -0.25) is 4.79 Å². The molecule has 0 heterocycles. The maximum absolute atomic E-state index is 11.1. The number of phenolic OH excluding ortho intramolecular Hbond substituents is 1. The normalized spacial score (nSPS) is 12.3. The summed E-state index contributed by atoms with van der Waals surface area (Å²) >= 11 is 0. The topological polar surface area (TPSA) is 99.4 Å². The lowest BCUT2D eigenvalue weighted by molar-refractivity contribution is -0.120. The molecule has 0 bridgehead atoms. The third-order valence-electron chi connectivity index (χ3n) is 2.09. The lowest BCUT2D eigenvalue weighted by Gasteiger charge is -2.15. The molecule has 6 heteroatoms. The SMILES string of the molecule is CNNNC(Cc1ccc(O)cc1)C(N)=O. The first-order valence-electron chi connectivity index (χ1n) is 4.88. The van der Waals surface area contributed by atoms with E-state index in [0.717, 1.165) is 5.56 Å². The standard InChI is InChI=1S/C10H16N4O2/c1-12-14-13-9(10(11)16)6-7-2-4-8(15)5-3-7/h2-5,9,12-15H,6H2,1H3,(H2,11,16). The minimum atomic E-state index is -0.517. The minimum Gasteiger partial charge on any atom is -0.508 e. The van der Waals surface area contributed by atoms with Gasteiger partial charge in [0.1, 0.15) is 11.8 Å². The van der Waals surface area contributed by atoms with Gasteiger partial charge in [0.15, 0.2) is 0 Å². The van der Waals surface area contributed by atoms with E-state index in [-0.39, 0.29) is 5.75 Å². The maximum Gasteiger partial charge on any atom is 0.236 e. The van der Waals surface area contributed by atoms with Crippen LogP contribution in [0.5, 0.6) is 5.75 Å². The van der Waals surface area contributed by atoms with Crippen LogP contribution in [0.15, 0.2) is 24.3 Å². The van der Waals surface area contributed by atoms with E-state index in [2.05, 4.69) is 16.4 Å². The largest absolute Gasteiger partial charge is 0.508 e. The predicted molar refractivity (Wildman–Crippen MR) is 60.1 cm³/mol. The number of aromatic hydroxyl groups is 1. The molecule has 0 aliphatic rings. The zero-order valence-corrected chi connectivity index (χ0v) is 9.03. The van der Waals surface area contributed by atoms with Crippen LogP contribution in [0.2, 0.25) is 0 Å². The number of hydrogen-bond acceptors (Lipinski definition) is 5. The predicted octanol–water partition coefficient (Wildman–Crippen LogP) is -0.983. The molecule has 0 saturated heterocycles. The third kappa shape index (κ3) is 3.85. The van der Waals surface area contributed by atoms with Crippen LogP contribution in [0, 0.1) is 0 Å². The summed E-state index contributed by atoms with van der Waals surface area (Å²) in [6.07, 6.45) is 0.449. The lowest BCUT2D eigenvalue weighted by Crippen LogP contribution is -2.53. The van der Waals surface area contributed by atoms with E-state index in [4.69, 9.17) is 10.8 Å². The zero-order chi connectivity index (χ0) is 12.0. The van der Waals surface area contributed by atoms with Gasteiger partial charge in [-0.1, -0.05) is 12.1 Å². The molecular weight excluding hydrogens is 208 g/mol. The highest BCUT2D eigenvalue weighted by Gasteiger charge is 2.14. The number of nitrogens with one attached hydrogen (secondary N) is 3. The van der Waals surface area contributed by atoms with E-state index in [0.29, 0.717) is 6.42 Å². The van der Waals surface area contributed by atoms with E-state index >= 15 is 0 Å². The van der Waals surface area contributed by atoms with Gasteiger partial charge in [-0.25, -0.2) is 10.9 Å². The highest BCUT2D eigenvalue weighted by molar-refractivity contribution is 5.80. The van der Waals surface area contributed by atoms with Crippen LogP contribution in [-0.2, 0) is 11.2 Å². The van der Waals surface area contributed by atoms with Crippen LogP contribution in [0.25, 0.3) is 0 Å². The molecule has 88 valence electrons. The van der Waals surface area contributed by atoms with Crippen molar-refractivity contribution >= 4 is 5.91 Å². The molecule has 0 saturated carbocycles. The molecule has 0 spiro atoms. The zero-order valence-electron chi connectivity index (χ0n) is 9.03. The van der Waals surface area contributed by atoms with Crippen molar-refractivity contribution in [1.29, 1.82) is 0 Å². The summed E-state index contributed by atoms with van der Waals surface area (Å²) in [4.78, 5) is 11.1. The monoisotopic (exact) mass is 224 g/mol. The molecule has 16 heavy (non-hydrogen) atoms. The van der Waals surface area contributed by atoms with Crippen LogP contribution in [0.1, 0.15) is 5.56 Å². The number of hydrogen-bond donors (Lipinski definition) is 5. The first kappa shape index (κ1) is 12.4. The van der Waals surface area contributed by atoms with Gasteiger partial charge < -0.3 is 10.8 Å². The van der Waals surface area contributed by atoms with E-state index in [1.165, 1.54) is 0 Å². The Morgan fingerprint density at radius 1 is 1.44 bits per heavy atom. The molecular formula is C10H16N4O2. The second-order valence-electron chi connectivity index (χ2n) is 3.34. The number of carbonyl (C=O) groups is 1. The molecule has 1 atom stereocenters. The molecule has 0 aromatic heterocycles. The molecule has 1 unspecified atom stereocenters. The molecule has 0 radical (unpaired) electrons. The van der Waals surface area contributed by atoms with Crippen LogP contribution in [-0.4, -0.2) is 24.1 Å². The summed E-state index contributed by atoms with van der Waals surface area (Å²) in [5.74, 6) is -0.253. The van der Waals surface area contributed by atoms with Crippen molar-refractivity contribution in [1.82, 2.24) is 16.4 Å². The van der Waals surface area contributed by atoms with Crippen LogP contribution < -0.4 is 22.1 Å². The van der Waals surface area contributed by atoms with Crippen molar-refractivity contribution in [2.45, 2.75) is 12.5 Å². The molecule has 0 aliphatic heterocycles. The molecule has 1 aromatic rings. The van der Waals surface area contributed by atoms with Crippen molar-refractivity contribution in [3.63, 3.8) is 0 Å². The first-order valence-corrected chi connectivity index (χ1v) is 4.88. The Morgan fingerprint density at radius 3 is 2.56 bits per heavy atom. The Hall–Kier alpha value is -1.63. The average Bonchev–Trinajstić information content (AvgIpc) is 2.26. The van der Waals surface area contributed by atoms with Gasteiger partial charge in [0.25, 0.3) is 0 Å². The fourth-order valence-electron chi connectivity index (χ4n) is 1.25. The number of primary amides is 1. The third-order valence-corrected chi connectivity index (χ3v) is 2.09. The van der Waals surface area contributed by atoms with Crippen molar-refractivity contribution in [3.05, 3.63) is 29.8 Å². The summed E-state index contributed by atoms with van der Waals surface area (Å²) in [5.41, 5.74) is 14.1. The number of nitrogens with two attached hydrogens (primary N) is 1. The summed E-state index contributed by atoms with van der Waals surface area (Å²) < 4.78 is 0. The number of hydrazine groups is 2. The smallest absolute Gasteiger partial charge is 0.236 e. The Kier molecular flexibility index (Phi) is 4.71. The maximum atomic E-state index is 11.1. The van der Waals surface area contributed by atoms with Crippen LogP contribution in [0.3, 0.4) is 0 Å². The fourth-order valence-corrected chi connectivity index (χ4v) is 1.25. The minimum absolute atomic E-state index is 0.195. The highest BCUT2D eigenvalue weighted by Crippen LogP contribution is 2.10. The number of carbonyl (C=O) groups excluding carboxylic acids is 1. The van der Waals surface area contributed by atoms with Gasteiger partial charge in [-0.15, -0.1) is 0 Å². The van der Waals surface area contributed by atoms with Gasteiger partial charge in [-0.2, -0.15) is 5.53 Å². The molecule has 6 nitrogen and oxygen atoms in total. The van der Waals surface area contributed by atoms with Gasteiger partial charge >= 0.3 is 0 Å². The Labute approximate surface area is 93.8 Å². The van der Waals surface area contributed by atoms with Gasteiger partial charge in [0.05, 0.1) is 0 Å². The Bertz CT molecular complexity index is 339. The Balaban J connectivity index is 2.60. The summed E-state index contributed by atoms with van der Waals surface area (Å²) in [5, 5.41) is 9.11. The Morgan fingerprint density at radius 2 is 2.06 bits per heavy atom. The summed E-state index contributed by atoms with van der Waals surface area (Å²) in [6.45, 7) is 0. The van der Waals surface area contributed by atoms with Crippen molar-refractivity contribution < 1.29 is 9.90 Å². The number of phenols is 1. The average molecular weight is 224 g/mol. The lowest BCUT2D eigenvalue weighted by atomic mass is 10.1. The van der Waals surface area contributed by atoms with Gasteiger partial charge in [0.2, 0.25) is 5.91 Å². The van der Waals surface area contributed by atoms with Crippen molar-refractivity contribution in [2.75, 3.05) is 7.05 Å². The molecule has 1 amide bonds. The number of rotatable bonds is 6. The molecule has 0 aliphatic carbocycles. The van der Waals surface area contributed by atoms with Gasteiger partial charge in [-0.05, 0) is 31.2 Å². The number of benzene rings is 1. The van der Waals surface area contributed by atoms with Gasteiger partial charge in [0, 0.05) is 0 Å². The second kappa shape index (κ2) is 6.06. The van der Waals surface area contributed by atoms with Crippen LogP contribution >= 0.6 is 0 Å². The van der Waals surface area contributed by atoms with E-state index in [1.807, 2.05) is 0 Å². The fraction of sp³-hybridized carbons (Fsp3) is 0.300. The molecule has 0 fully saturated rings.